The fourth-order valence-corrected chi connectivity index (χ4v) is 1.54. The first-order chi connectivity index (χ1) is 7.81. The smallest absolute Gasteiger partial charge is 0.492 e. The number of ether oxygens (including phenoxy) is 1. The summed E-state index contributed by atoms with van der Waals surface area (Å²) in [6.45, 7) is -4.81. The molecule has 1 aromatic carbocycles. The van der Waals surface area contributed by atoms with Gasteiger partial charge in [-0.1, -0.05) is 6.07 Å². The lowest BCUT2D eigenvalue weighted by molar-refractivity contribution is 0.321. The zero-order chi connectivity index (χ0) is 13.1. The number of hydrogen-bond donors (Lipinski definition) is 0. The molecule has 0 N–H and O–H groups in total. The molecular weight excluding hydrogens is 237 g/mol. The maximum absolute atomic E-state index is 13.3. The van der Waals surface area contributed by atoms with Crippen molar-refractivity contribution in [2.75, 3.05) is 20.6 Å². The Morgan fingerprint density at radius 2 is 1.94 bits per heavy atom. The molecule has 0 saturated heterocycles. The third-order valence-electron chi connectivity index (χ3n) is 2.19. The summed E-state index contributed by atoms with van der Waals surface area (Å²) >= 11 is 0. The normalized spacial score (nSPS) is 11.9. The molecule has 17 heavy (non-hydrogen) atoms. The van der Waals surface area contributed by atoms with Crippen LogP contribution in [-0.4, -0.2) is 32.5 Å². The summed E-state index contributed by atoms with van der Waals surface area (Å²) in [4.78, 5) is 1.10. The van der Waals surface area contributed by atoms with Crippen LogP contribution in [0.4, 0.5) is 17.3 Å². The molecule has 0 aromatic heterocycles. The molecular formula is C10H13BF4NO-. The van der Waals surface area contributed by atoms with Crippen LogP contribution in [0.3, 0.4) is 0 Å². The standard InChI is InChI=1S/C10H13BF4NO/c1-16(7-11(13,14)15)6-8-3-4-10(17-2)9(12)5-8/h3-5H,6-7H2,1-2H3/q-1. The van der Waals surface area contributed by atoms with Gasteiger partial charge in [-0.25, -0.2) is 4.39 Å². The van der Waals surface area contributed by atoms with Crippen LogP contribution in [0.25, 0.3) is 0 Å². The molecule has 0 aliphatic rings. The predicted molar refractivity (Wildman–Crippen MR) is 58.4 cm³/mol. The van der Waals surface area contributed by atoms with Crippen molar-refractivity contribution in [2.45, 2.75) is 6.54 Å². The SMILES string of the molecule is COc1ccc(CN(C)C[B-](F)(F)F)cc1F. The van der Waals surface area contributed by atoms with Gasteiger partial charge in [-0.2, -0.15) is 0 Å². The summed E-state index contributed by atoms with van der Waals surface area (Å²) in [5.74, 6) is -0.493. The summed E-state index contributed by atoms with van der Waals surface area (Å²) in [5, 5.41) is 0. The monoisotopic (exact) mass is 250 g/mol. The number of nitrogens with zero attached hydrogens (tertiary/aromatic N) is 1. The van der Waals surface area contributed by atoms with Gasteiger partial charge < -0.3 is 22.6 Å². The Balaban J connectivity index is 2.66. The fraction of sp³-hybridized carbons (Fsp3) is 0.400. The minimum Gasteiger partial charge on any atom is -0.494 e. The van der Waals surface area contributed by atoms with Gasteiger partial charge in [-0.3, -0.25) is 0 Å². The Labute approximate surface area is 97.2 Å². The Morgan fingerprint density at radius 1 is 1.29 bits per heavy atom. The highest BCUT2D eigenvalue weighted by Crippen LogP contribution is 2.19. The van der Waals surface area contributed by atoms with E-state index < -0.39 is 19.2 Å². The van der Waals surface area contributed by atoms with Gasteiger partial charge in [0.25, 0.3) is 0 Å². The van der Waals surface area contributed by atoms with Gasteiger partial charge in [0, 0.05) is 6.54 Å². The van der Waals surface area contributed by atoms with E-state index in [2.05, 4.69) is 0 Å². The molecule has 7 heteroatoms. The molecule has 0 atom stereocenters. The Hall–Kier alpha value is -1.24. The second-order valence-corrected chi connectivity index (χ2v) is 3.88. The molecule has 1 rings (SSSR count). The van der Waals surface area contributed by atoms with Crippen molar-refractivity contribution in [2.24, 2.45) is 0 Å². The first kappa shape index (κ1) is 13.8. The van der Waals surface area contributed by atoms with Crippen LogP contribution in [0.2, 0.25) is 0 Å². The Morgan fingerprint density at radius 3 is 2.41 bits per heavy atom. The van der Waals surface area contributed by atoms with Gasteiger partial charge in [0.1, 0.15) is 0 Å². The first-order valence-corrected chi connectivity index (χ1v) is 5.04. The van der Waals surface area contributed by atoms with E-state index in [1.807, 2.05) is 0 Å². The maximum atomic E-state index is 13.3. The van der Waals surface area contributed by atoms with Crippen LogP contribution in [-0.2, 0) is 6.54 Å². The number of methoxy groups -OCH3 is 1. The second kappa shape index (κ2) is 5.40. The highest BCUT2D eigenvalue weighted by atomic mass is 19.4. The van der Waals surface area contributed by atoms with E-state index in [-0.39, 0.29) is 12.3 Å². The molecule has 0 aliphatic carbocycles. The van der Waals surface area contributed by atoms with Gasteiger partial charge in [0.05, 0.1) is 7.11 Å². The molecule has 0 unspecified atom stereocenters. The summed E-state index contributed by atoms with van der Waals surface area (Å²) < 4.78 is 54.4. The van der Waals surface area contributed by atoms with Crippen molar-refractivity contribution >= 4 is 6.98 Å². The highest BCUT2D eigenvalue weighted by Gasteiger charge is 2.24. The van der Waals surface area contributed by atoms with Crippen LogP contribution in [0.15, 0.2) is 18.2 Å². The molecule has 0 bridgehead atoms. The number of halogens is 4. The molecule has 0 heterocycles. The summed E-state index contributed by atoms with van der Waals surface area (Å²) in [5.41, 5.74) is 0.478. The topological polar surface area (TPSA) is 12.5 Å². The molecule has 1 aromatic rings. The van der Waals surface area contributed by atoms with E-state index in [4.69, 9.17) is 4.74 Å². The van der Waals surface area contributed by atoms with E-state index >= 15 is 0 Å². The Kier molecular flexibility index (Phi) is 4.39. The van der Waals surface area contributed by atoms with E-state index in [0.29, 0.717) is 5.56 Å². The van der Waals surface area contributed by atoms with Crippen molar-refractivity contribution in [3.05, 3.63) is 29.6 Å². The molecule has 2 nitrogen and oxygen atoms in total. The van der Waals surface area contributed by atoms with Crippen LogP contribution in [0.5, 0.6) is 5.75 Å². The molecule has 0 aliphatic heterocycles. The van der Waals surface area contributed by atoms with Gasteiger partial charge in [-0.05, 0) is 31.2 Å². The second-order valence-electron chi connectivity index (χ2n) is 3.88. The molecule has 0 spiro atoms. The molecule has 0 saturated carbocycles. The molecule has 96 valence electrons. The minimum absolute atomic E-state index is 0.0438. The Bertz CT molecular complexity index is 383. The lowest BCUT2D eigenvalue weighted by Crippen LogP contribution is -2.35. The summed E-state index contributed by atoms with van der Waals surface area (Å²) in [7, 11) is 2.67. The third-order valence-corrected chi connectivity index (χ3v) is 2.19. The average Bonchev–Trinajstić information content (AvgIpc) is 2.14. The quantitative estimate of drug-likeness (QED) is 0.588. The lowest BCUT2D eigenvalue weighted by Gasteiger charge is -2.23. The largest absolute Gasteiger partial charge is 0.494 e. The lowest BCUT2D eigenvalue weighted by atomic mass is 9.91. The van der Waals surface area contributed by atoms with E-state index in [9.17, 15) is 17.3 Å². The van der Waals surface area contributed by atoms with Gasteiger partial charge in [-0.15, -0.1) is 0 Å². The number of rotatable bonds is 5. The average molecular weight is 250 g/mol. The van der Waals surface area contributed by atoms with Crippen LogP contribution < -0.4 is 4.74 Å². The summed E-state index contributed by atoms with van der Waals surface area (Å²) in [6.07, 6.45) is -0.965. The van der Waals surface area contributed by atoms with E-state index in [0.717, 1.165) is 4.90 Å². The first-order valence-electron chi connectivity index (χ1n) is 5.04. The van der Waals surface area contributed by atoms with Crippen molar-refractivity contribution in [1.29, 1.82) is 0 Å². The minimum atomic E-state index is -4.86. The maximum Gasteiger partial charge on any atom is 0.492 e. The molecule has 0 fully saturated rings. The van der Waals surface area contributed by atoms with Crippen LogP contribution in [0.1, 0.15) is 5.56 Å². The van der Waals surface area contributed by atoms with Gasteiger partial charge in [0.2, 0.25) is 0 Å². The van der Waals surface area contributed by atoms with Crippen molar-refractivity contribution < 1.29 is 22.1 Å². The van der Waals surface area contributed by atoms with E-state index in [1.54, 1.807) is 6.07 Å². The van der Waals surface area contributed by atoms with Crippen molar-refractivity contribution in [3.8, 4) is 5.75 Å². The van der Waals surface area contributed by atoms with Crippen LogP contribution in [0, 0.1) is 5.82 Å². The van der Waals surface area contributed by atoms with Crippen molar-refractivity contribution in [1.82, 2.24) is 4.90 Å². The predicted octanol–water partition coefficient (Wildman–Crippen LogP) is 2.65. The zero-order valence-electron chi connectivity index (χ0n) is 9.59. The van der Waals surface area contributed by atoms with E-state index in [1.165, 1.54) is 26.3 Å². The fourth-order valence-electron chi connectivity index (χ4n) is 1.54. The third kappa shape index (κ3) is 4.64. The van der Waals surface area contributed by atoms with Gasteiger partial charge >= 0.3 is 6.98 Å². The van der Waals surface area contributed by atoms with Gasteiger partial charge in [0.15, 0.2) is 11.6 Å². The molecule has 0 radical (unpaired) electrons. The number of benzene rings is 1. The summed E-state index contributed by atoms with van der Waals surface area (Å²) in [6, 6.07) is 4.12. The van der Waals surface area contributed by atoms with Crippen LogP contribution >= 0.6 is 0 Å². The zero-order valence-corrected chi connectivity index (χ0v) is 9.59. The molecule has 0 amide bonds. The van der Waals surface area contributed by atoms with Crippen molar-refractivity contribution in [3.63, 3.8) is 0 Å². The number of hydrogen-bond acceptors (Lipinski definition) is 2. The highest BCUT2D eigenvalue weighted by molar-refractivity contribution is 6.58.